The van der Waals surface area contributed by atoms with Crippen molar-refractivity contribution in [3.05, 3.63) is 35.4 Å². The van der Waals surface area contributed by atoms with Gasteiger partial charge in [0.25, 0.3) is 5.91 Å². The highest BCUT2D eigenvalue weighted by molar-refractivity contribution is 6.00. The maximum atomic E-state index is 10.3. The standard InChI is InChI=1S/C22H25N5O2/c1-3-5-11-28-22(29-12-6-4-2)21(15-25)18(20(21,14-24)19(26)27-22)17-9-7-16(13-23)8-10-17/h7-10,18H,3-6,11-12H2,1-2H3,(H2,26,27). The summed E-state index contributed by atoms with van der Waals surface area (Å²) in [4.78, 5) is 4.44. The second-order valence-corrected chi connectivity index (χ2v) is 7.49. The van der Waals surface area contributed by atoms with Gasteiger partial charge >= 0.3 is 0 Å². The summed E-state index contributed by atoms with van der Waals surface area (Å²) in [5.41, 5.74) is 4.83. The van der Waals surface area contributed by atoms with Crippen molar-refractivity contribution < 1.29 is 9.47 Å². The fourth-order valence-corrected chi connectivity index (χ4v) is 4.32. The second kappa shape index (κ2) is 7.84. The number of rotatable bonds is 9. The third-order valence-electron chi connectivity index (χ3n) is 5.89. The van der Waals surface area contributed by atoms with Gasteiger partial charge in [-0.25, -0.2) is 4.99 Å². The number of aliphatic imine (C=N–C) groups is 1. The van der Waals surface area contributed by atoms with E-state index < -0.39 is 22.7 Å². The Morgan fingerprint density at radius 1 is 1.00 bits per heavy atom. The average Bonchev–Trinajstić information content (AvgIpc) is 3.32. The molecule has 1 fully saturated rings. The van der Waals surface area contributed by atoms with E-state index in [0.717, 1.165) is 31.2 Å². The highest BCUT2D eigenvalue weighted by Crippen LogP contribution is 2.82. The third kappa shape index (κ3) is 2.72. The van der Waals surface area contributed by atoms with Crippen LogP contribution in [0.15, 0.2) is 29.3 Å². The Morgan fingerprint density at radius 2 is 1.59 bits per heavy atom. The summed E-state index contributed by atoms with van der Waals surface area (Å²) in [6.45, 7) is 4.78. The number of hydrogen-bond donors (Lipinski definition) is 1. The lowest BCUT2D eigenvalue weighted by Crippen LogP contribution is -2.44. The molecule has 0 bridgehead atoms. The molecular weight excluding hydrogens is 366 g/mol. The Hall–Kier alpha value is -2.92. The first kappa shape index (κ1) is 20.8. The molecule has 3 atom stereocenters. The molecule has 2 aliphatic rings. The molecule has 1 heterocycles. The van der Waals surface area contributed by atoms with Crippen molar-refractivity contribution in [3.8, 4) is 18.2 Å². The molecular formula is C22H25N5O2. The van der Waals surface area contributed by atoms with Gasteiger partial charge in [-0.15, -0.1) is 0 Å². The van der Waals surface area contributed by atoms with Gasteiger partial charge < -0.3 is 15.2 Å². The van der Waals surface area contributed by atoms with Crippen LogP contribution < -0.4 is 5.73 Å². The first-order valence-corrected chi connectivity index (χ1v) is 9.99. The molecule has 1 aromatic carbocycles. The number of nitrogens with zero attached hydrogens (tertiary/aromatic N) is 4. The average molecular weight is 391 g/mol. The summed E-state index contributed by atoms with van der Waals surface area (Å²) < 4.78 is 12.2. The summed E-state index contributed by atoms with van der Waals surface area (Å²) >= 11 is 0. The lowest BCUT2D eigenvalue weighted by Gasteiger charge is -2.32. The van der Waals surface area contributed by atoms with Crippen molar-refractivity contribution in [1.82, 2.24) is 0 Å². The van der Waals surface area contributed by atoms with E-state index in [0.29, 0.717) is 18.8 Å². The van der Waals surface area contributed by atoms with Gasteiger partial charge in [0.15, 0.2) is 5.41 Å². The largest absolute Gasteiger partial charge is 0.386 e. The maximum Gasteiger partial charge on any atom is 0.293 e. The van der Waals surface area contributed by atoms with E-state index in [2.05, 4.69) is 23.2 Å². The van der Waals surface area contributed by atoms with E-state index in [9.17, 15) is 10.5 Å². The van der Waals surface area contributed by atoms with E-state index in [1.807, 2.05) is 13.8 Å². The molecule has 0 radical (unpaired) electrons. The second-order valence-electron chi connectivity index (χ2n) is 7.49. The van der Waals surface area contributed by atoms with E-state index in [1.54, 1.807) is 24.3 Å². The van der Waals surface area contributed by atoms with E-state index in [4.69, 9.17) is 20.5 Å². The number of nitrogens with two attached hydrogens (primary N) is 1. The number of hydrogen-bond acceptors (Lipinski definition) is 7. The Bertz CT molecular complexity index is 910. The summed E-state index contributed by atoms with van der Waals surface area (Å²) in [6.07, 6.45) is 3.37. The molecule has 0 saturated heterocycles. The van der Waals surface area contributed by atoms with E-state index in [-0.39, 0.29) is 5.84 Å². The Morgan fingerprint density at radius 3 is 2.03 bits per heavy atom. The molecule has 0 spiro atoms. The van der Waals surface area contributed by atoms with Crippen molar-refractivity contribution in [3.63, 3.8) is 0 Å². The van der Waals surface area contributed by atoms with Gasteiger partial charge in [0.2, 0.25) is 0 Å². The van der Waals surface area contributed by atoms with Gasteiger partial charge in [-0.3, -0.25) is 0 Å². The van der Waals surface area contributed by atoms with Crippen LogP contribution in [0.25, 0.3) is 0 Å². The van der Waals surface area contributed by atoms with Crippen LogP contribution in [-0.2, 0) is 9.47 Å². The van der Waals surface area contributed by atoms with Crippen LogP contribution in [0.2, 0.25) is 0 Å². The van der Waals surface area contributed by atoms with E-state index >= 15 is 0 Å². The molecule has 1 aromatic rings. The molecule has 150 valence electrons. The fraction of sp³-hybridized carbons (Fsp3) is 0.545. The third-order valence-corrected chi connectivity index (χ3v) is 5.89. The highest BCUT2D eigenvalue weighted by atomic mass is 16.7. The van der Waals surface area contributed by atoms with Gasteiger partial charge in [0.05, 0.1) is 37.0 Å². The smallest absolute Gasteiger partial charge is 0.293 e. The highest BCUT2D eigenvalue weighted by Gasteiger charge is 2.93. The zero-order valence-electron chi connectivity index (χ0n) is 16.8. The molecule has 7 nitrogen and oxygen atoms in total. The zero-order chi connectivity index (χ0) is 21.1. The van der Waals surface area contributed by atoms with Crippen LogP contribution >= 0.6 is 0 Å². The number of nitriles is 3. The van der Waals surface area contributed by atoms with Crippen LogP contribution in [0.4, 0.5) is 0 Å². The topological polar surface area (TPSA) is 128 Å². The van der Waals surface area contributed by atoms with Crippen molar-refractivity contribution in [1.29, 1.82) is 15.8 Å². The van der Waals surface area contributed by atoms with Crippen molar-refractivity contribution in [2.45, 2.75) is 51.4 Å². The zero-order valence-corrected chi connectivity index (χ0v) is 16.8. The van der Waals surface area contributed by atoms with Gasteiger partial charge in [0, 0.05) is 5.92 Å². The summed E-state index contributed by atoms with van der Waals surface area (Å²) in [6, 6.07) is 13.5. The van der Waals surface area contributed by atoms with Crippen molar-refractivity contribution in [2.75, 3.05) is 13.2 Å². The van der Waals surface area contributed by atoms with Crippen LogP contribution in [0.3, 0.4) is 0 Å². The summed E-state index contributed by atoms with van der Waals surface area (Å²) in [5, 5.41) is 29.5. The number of ether oxygens (including phenoxy) is 2. The minimum atomic E-state index is -1.61. The molecule has 2 N–H and O–H groups in total. The first-order chi connectivity index (χ1) is 14.0. The van der Waals surface area contributed by atoms with E-state index in [1.165, 1.54) is 0 Å². The van der Waals surface area contributed by atoms with Gasteiger partial charge in [-0.1, -0.05) is 38.8 Å². The molecule has 0 aromatic heterocycles. The molecule has 3 rings (SSSR count). The van der Waals surface area contributed by atoms with Gasteiger partial charge in [0.1, 0.15) is 11.3 Å². The minimum Gasteiger partial charge on any atom is -0.386 e. The summed E-state index contributed by atoms with van der Waals surface area (Å²) in [7, 11) is 0. The molecule has 1 aliphatic heterocycles. The quantitative estimate of drug-likeness (QED) is 0.508. The Kier molecular flexibility index (Phi) is 5.62. The SMILES string of the molecule is CCCCOC1(OCCCC)N=C(N)C2(C#N)C(c3ccc(C#N)cc3)C12C#N. The van der Waals surface area contributed by atoms with Crippen molar-refractivity contribution >= 4 is 5.84 Å². The lowest BCUT2D eigenvalue weighted by atomic mass is 9.93. The van der Waals surface area contributed by atoms with Crippen LogP contribution in [0, 0.1) is 44.8 Å². The monoisotopic (exact) mass is 391 g/mol. The molecule has 0 amide bonds. The maximum absolute atomic E-state index is 10.3. The molecule has 1 aliphatic carbocycles. The van der Waals surface area contributed by atoms with Crippen LogP contribution in [0.1, 0.15) is 56.6 Å². The van der Waals surface area contributed by atoms with Crippen molar-refractivity contribution in [2.24, 2.45) is 21.6 Å². The number of benzene rings is 1. The minimum absolute atomic E-state index is 0.0731. The van der Waals surface area contributed by atoms with Gasteiger partial charge in [-0.05, 0) is 30.5 Å². The first-order valence-electron chi connectivity index (χ1n) is 9.99. The fourth-order valence-electron chi connectivity index (χ4n) is 4.32. The lowest BCUT2D eigenvalue weighted by molar-refractivity contribution is -0.260. The predicted molar refractivity (Wildman–Crippen MR) is 106 cm³/mol. The van der Waals surface area contributed by atoms with Crippen LogP contribution in [-0.4, -0.2) is 25.0 Å². The van der Waals surface area contributed by atoms with Crippen LogP contribution in [0.5, 0.6) is 0 Å². The normalized spacial score (nSPS) is 28.5. The number of unbranched alkanes of at least 4 members (excludes halogenated alkanes) is 2. The predicted octanol–water partition coefficient (Wildman–Crippen LogP) is 3.33. The number of amidine groups is 1. The molecule has 29 heavy (non-hydrogen) atoms. The molecule has 3 unspecified atom stereocenters. The number of fused-ring (bicyclic) bond motifs is 1. The van der Waals surface area contributed by atoms with Gasteiger partial charge in [-0.2, -0.15) is 15.8 Å². The molecule has 1 saturated carbocycles. The Balaban J connectivity index is 2.09. The Labute approximate surface area is 171 Å². The summed E-state index contributed by atoms with van der Waals surface area (Å²) in [5.74, 6) is -2.08. The molecule has 7 heteroatoms.